The Morgan fingerprint density at radius 2 is 0.870 bits per heavy atom. The molecule has 0 heterocycles. The molecule has 0 aliphatic carbocycles. The van der Waals surface area contributed by atoms with E-state index in [2.05, 4.69) is 0 Å². The van der Waals surface area contributed by atoms with E-state index in [0.717, 1.165) is 0 Å². The lowest BCUT2D eigenvalue weighted by molar-refractivity contribution is -0.847. The van der Waals surface area contributed by atoms with Crippen molar-refractivity contribution >= 4 is 11.6 Å². The topological polar surface area (TPSA) is 216 Å². The van der Waals surface area contributed by atoms with Gasteiger partial charge in [0, 0.05) is 4.92 Å². The fourth-order valence-electron chi connectivity index (χ4n) is 1.27. The summed E-state index contributed by atoms with van der Waals surface area (Å²) in [6, 6.07) is 0. The second-order valence-corrected chi connectivity index (χ2v) is 4.70. The summed E-state index contributed by atoms with van der Waals surface area (Å²) in [7, 11) is 0. The summed E-state index contributed by atoms with van der Waals surface area (Å²) in [4.78, 5) is 37.2. The van der Waals surface area contributed by atoms with Crippen LogP contribution < -0.4 is 0 Å². The van der Waals surface area contributed by atoms with Gasteiger partial charge in [0.15, 0.2) is 0 Å². The molecule has 0 aromatic rings. The van der Waals surface area contributed by atoms with Crippen molar-refractivity contribution in [3.05, 3.63) is 50.6 Å². The highest BCUT2D eigenvalue weighted by molar-refractivity contribution is 6.22. The van der Waals surface area contributed by atoms with E-state index in [-0.39, 0.29) is 0 Å². The maximum atomic E-state index is 13.6. The minimum Gasteiger partial charge on any atom is -0.263 e. The lowest BCUT2D eigenvalue weighted by atomic mass is 10.0. The van der Waals surface area contributed by atoms with Crippen LogP contribution in [-0.2, 0) is 0 Å². The Morgan fingerprint density at radius 1 is 0.652 bits per heavy atom. The summed E-state index contributed by atoms with van der Waals surface area (Å²) in [5, 5.41) is 52.1. The molecule has 0 aromatic heterocycles. The molecule has 0 fully saturated rings. The van der Waals surface area contributed by atoms with Gasteiger partial charge in [-0.15, -0.1) is 0 Å². The molecule has 0 spiro atoms. The summed E-state index contributed by atoms with van der Waals surface area (Å²) in [6.45, 7) is 0. The monoisotopic (exact) mass is 367 g/mol. The Bertz CT molecular complexity index is 516. The first-order valence-electron chi connectivity index (χ1n) is 4.92. The van der Waals surface area contributed by atoms with Gasteiger partial charge in [-0.2, -0.15) is 0 Å². The number of nitro groups is 5. The van der Waals surface area contributed by atoms with Gasteiger partial charge in [-0.05, 0) is 11.6 Å². The van der Waals surface area contributed by atoms with E-state index in [9.17, 15) is 59.4 Å². The van der Waals surface area contributed by atoms with Crippen molar-refractivity contribution in [3.8, 4) is 0 Å². The second kappa shape index (κ2) is 6.10. The Balaban J connectivity index is 6.01. The van der Waals surface area contributed by atoms with Crippen LogP contribution in [0.4, 0.5) is 8.78 Å². The largest absolute Gasteiger partial charge is 0.622 e. The number of halogens is 3. The third-order valence-corrected chi connectivity index (χ3v) is 2.84. The lowest BCUT2D eigenvalue weighted by Crippen LogP contribution is -2.55. The Morgan fingerprint density at radius 3 is 1.00 bits per heavy atom. The van der Waals surface area contributed by atoms with Gasteiger partial charge in [0.25, 0.3) is 0 Å². The van der Waals surface area contributed by atoms with E-state index in [4.69, 9.17) is 11.6 Å². The van der Waals surface area contributed by atoms with Crippen LogP contribution in [0.5, 0.6) is 0 Å². The maximum absolute atomic E-state index is 13.6. The molecule has 0 aromatic carbocycles. The van der Waals surface area contributed by atoms with Crippen LogP contribution >= 0.6 is 11.6 Å². The molecule has 23 heavy (non-hydrogen) atoms. The van der Waals surface area contributed by atoms with Crippen LogP contribution in [0.3, 0.4) is 0 Å². The predicted molar refractivity (Wildman–Crippen MR) is 60.5 cm³/mol. The predicted octanol–water partition coefficient (Wildman–Crippen LogP) is 0.332. The van der Waals surface area contributed by atoms with E-state index < -0.39 is 54.3 Å². The minimum absolute atomic E-state index is 1.93. The molecular weight excluding hydrogens is 364 g/mol. The molecule has 0 bridgehead atoms. The van der Waals surface area contributed by atoms with E-state index in [0.29, 0.717) is 0 Å². The highest BCUT2D eigenvalue weighted by atomic mass is 35.5. The molecule has 0 unspecified atom stereocenters. The summed E-state index contributed by atoms with van der Waals surface area (Å²) in [5.41, 5.74) is 0. The third kappa shape index (κ3) is 3.67. The fraction of sp³-hybridized carbons (Fsp3) is 1.00. The minimum atomic E-state index is -4.83. The lowest BCUT2D eigenvalue weighted by Gasteiger charge is -2.19. The normalized spacial score (nSPS) is 12.5. The molecule has 15 nitrogen and oxygen atoms in total. The van der Waals surface area contributed by atoms with Crippen LogP contribution in [0.15, 0.2) is 0 Å². The molecule has 0 atom stereocenters. The van der Waals surface area contributed by atoms with Crippen molar-refractivity contribution in [3.63, 3.8) is 0 Å². The zero-order chi connectivity index (χ0) is 18.8. The van der Waals surface area contributed by atoms with E-state index in [1.54, 1.807) is 0 Å². The maximum Gasteiger partial charge on any atom is 0.622 e. The number of nitrogens with zero attached hydrogens (tertiary/aromatic N) is 5. The van der Waals surface area contributed by atoms with Gasteiger partial charge in [0.2, 0.25) is 12.8 Å². The van der Waals surface area contributed by atoms with Gasteiger partial charge in [0.05, 0.1) is 0 Å². The molecule has 0 aliphatic rings. The Hall–Kier alpha value is -2.85. The number of hydrogen-bond acceptors (Lipinski definition) is 10. The molecule has 0 N–H and O–H groups in total. The van der Waals surface area contributed by atoms with Crippen LogP contribution in [0.2, 0.25) is 0 Å². The summed E-state index contributed by atoms with van der Waals surface area (Å²) in [5.74, 6) is -9.66. The fourth-order valence-corrected chi connectivity index (χ4v) is 1.61. The Kier molecular flexibility index (Phi) is 5.35. The van der Waals surface area contributed by atoms with Crippen molar-refractivity contribution in [2.45, 2.75) is 29.7 Å². The molecular formula is C5H4ClF2N5O10. The molecule has 18 heteroatoms. The third-order valence-electron chi connectivity index (χ3n) is 2.44. The van der Waals surface area contributed by atoms with E-state index >= 15 is 0 Å². The summed E-state index contributed by atoms with van der Waals surface area (Å²) < 4.78 is 27.2. The molecule has 0 saturated carbocycles. The van der Waals surface area contributed by atoms with Gasteiger partial charge in [-0.25, -0.2) is 0 Å². The van der Waals surface area contributed by atoms with Gasteiger partial charge < -0.3 is 0 Å². The van der Waals surface area contributed by atoms with Crippen molar-refractivity contribution in [2.24, 2.45) is 0 Å². The zero-order valence-electron chi connectivity index (χ0n) is 10.4. The molecule has 0 rings (SSSR count). The van der Waals surface area contributed by atoms with Crippen LogP contribution in [-0.4, -0.2) is 41.4 Å². The highest BCUT2D eigenvalue weighted by Crippen LogP contribution is 2.39. The summed E-state index contributed by atoms with van der Waals surface area (Å²) >= 11 is 5.02. The number of rotatable bonds is 9. The average Bonchev–Trinajstić information content (AvgIpc) is 2.36. The summed E-state index contributed by atoms with van der Waals surface area (Å²) in [6.07, 6.45) is -5.02. The van der Waals surface area contributed by atoms with Crippen LogP contribution in [0.25, 0.3) is 0 Å². The Labute approximate surface area is 126 Å². The first-order chi connectivity index (χ1) is 10.1. The zero-order valence-corrected chi connectivity index (χ0v) is 11.1. The average molecular weight is 368 g/mol. The van der Waals surface area contributed by atoms with Crippen molar-refractivity contribution in [1.82, 2.24) is 0 Å². The van der Waals surface area contributed by atoms with Gasteiger partial charge in [0.1, 0.15) is 19.7 Å². The first-order valence-corrected chi connectivity index (χ1v) is 5.30. The van der Waals surface area contributed by atoms with Crippen molar-refractivity contribution in [1.29, 1.82) is 0 Å². The van der Waals surface area contributed by atoms with Gasteiger partial charge in [-0.1, -0.05) is 8.78 Å². The van der Waals surface area contributed by atoms with Crippen LogP contribution in [0.1, 0.15) is 12.8 Å². The number of hydrogen-bond donors (Lipinski definition) is 0. The molecule has 0 aliphatic heterocycles. The quantitative estimate of drug-likeness (QED) is 0.179. The van der Waals surface area contributed by atoms with Crippen LogP contribution in [0, 0.1) is 50.6 Å². The van der Waals surface area contributed by atoms with E-state index in [1.165, 1.54) is 0 Å². The second-order valence-electron chi connectivity index (χ2n) is 3.99. The molecule has 0 radical (unpaired) electrons. The molecule has 0 amide bonds. The first kappa shape index (κ1) is 20.1. The standard InChI is InChI=1S/C5H4ClF2N5O10/c6-3(9(14)15,1-4(7,10(16)17)11(18)19)2-5(8,12(20)21)13(22)23/h1-2H2. The molecule has 130 valence electrons. The van der Waals surface area contributed by atoms with Gasteiger partial charge in [-0.3, -0.25) is 50.6 Å². The highest BCUT2D eigenvalue weighted by Gasteiger charge is 2.74. The number of alkyl halides is 3. The SMILES string of the molecule is O=[N+]([O-])C(Cl)(CC(F)([N+](=O)[O-])[N+](=O)[O-])CC(F)([N+](=O)[O-])[N+](=O)[O-]. The van der Waals surface area contributed by atoms with Crippen molar-refractivity contribution in [2.75, 3.05) is 0 Å². The van der Waals surface area contributed by atoms with Crippen molar-refractivity contribution < 1.29 is 33.4 Å². The molecule has 0 saturated heterocycles. The van der Waals surface area contributed by atoms with Gasteiger partial charge >= 0.3 is 16.8 Å². The van der Waals surface area contributed by atoms with E-state index in [1.807, 2.05) is 0 Å². The smallest absolute Gasteiger partial charge is 0.263 e.